The van der Waals surface area contributed by atoms with Crippen molar-refractivity contribution in [3.05, 3.63) is 93.5 Å². The van der Waals surface area contributed by atoms with Crippen molar-refractivity contribution in [1.29, 1.82) is 0 Å². The lowest BCUT2D eigenvalue weighted by atomic mass is 10.0. The minimum absolute atomic E-state index is 0.0207. The van der Waals surface area contributed by atoms with E-state index in [9.17, 15) is 19.2 Å². The molecule has 0 aliphatic rings. The Labute approximate surface area is 388 Å². The van der Waals surface area contributed by atoms with Crippen LogP contribution in [0.2, 0.25) is 0 Å². The Morgan fingerprint density at radius 2 is 1.20 bits per heavy atom. The molecule has 348 valence electrons. The summed E-state index contributed by atoms with van der Waals surface area (Å²) in [5.41, 5.74) is 3.07. The number of carbonyl (C=O) groups is 4. The molecular weight excluding hydrogens is 879 g/mol. The molecule has 2 aromatic carbocycles. The molecule has 0 saturated heterocycles. The monoisotopic (exact) mass is 939 g/mol. The molecule has 0 aliphatic heterocycles. The third kappa shape index (κ3) is 20.3. The van der Waals surface area contributed by atoms with Crippen LogP contribution in [0, 0.1) is 0 Å². The molecule has 0 saturated carbocycles. The summed E-state index contributed by atoms with van der Waals surface area (Å²) >= 11 is 4.19. The highest BCUT2D eigenvalue weighted by Crippen LogP contribution is 2.25. The van der Waals surface area contributed by atoms with Gasteiger partial charge >= 0.3 is 12.3 Å². The quantitative estimate of drug-likeness (QED) is 0.0213. The summed E-state index contributed by atoms with van der Waals surface area (Å²) in [6.45, 7) is 5.00. The smallest absolute Gasteiger partial charge is 0.434 e. The fourth-order valence-corrected chi connectivity index (χ4v) is 8.83. The molecule has 0 radical (unpaired) electrons. The van der Waals surface area contributed by atoms with E-state index >= 15 is 0 Å². The van der Waals surface area contributed by atoms with Gasteiger partial charge in [-0.05, 0) is 67.7 Å². The van der Waals surface area contributed by atoms with Crippen molar-refractivity contribution in [1.82, 2.24) is 25.7 Å². The van der Waals surface area contributed by atoms with Crippen molar-refractivity contribution < 1.29 is 43.2 Å². The number of anilines is 2. The van der Waals surface area contributed by atoms with Crippen LogP contribution in [0.1, 0.15) is 86.4 Å². The average molecular weight is 940 g/mol. The Bertz CT molecular complexity index is 1990. The van der Waals surface area contributed by atoms with Crippen LogP contribution in [0.3, 0.4) is 0 Å². The molecule has 2 N–H and O–H groups in total. The van der Waals surface area contributed by atoms with Crippen molar-refractivity contribution in [2.24, 2.45) is 0 Å². The molecule has 0 aliphatic carbocycles. The Kier molecular flexibility index (Phi) is 25.0. The van der Waals surface area contributed by atoms with Crippen LogP contribution in [0.15, 0.2) is 72.3 Å². The molecule has 4 aromatic rings. The molecule has 0 unspecified atom stereocenters. The molecule has 64 heavy (non-hydrogen) atoms. The maximum absolute atomic E-state index is 13.5. The van der Waals surface area contributed by atoms with Crippen molar-refractivity contribution in [2.45, 2.75) is 90.9 Å². The van der Waals surface area contributed by atoms with Gasteiger partial charge in [-0.1, -0.05) is 122 Å². The summed E-state index contributed by atoms with van der Waals surface area (Å²) in [7, 11) is 0. The summed E-state index contributed by atoms with van der Waals surface area (Å²) in [5, 5.41) is 31.1. The zero-order chi connectivity index (χ0) is 45.6. The minimum Gasteiger partial charge on any atom is -0.434 e. The van der Waals surface area contributed by atoms with Gasteiger partial charge in [0.2, 0.25) is 22.1 Å². The van der Waals surface area contributed by atoms with E-state index < -0.39 is 12.3 Å². The largest absolute Gasteiger partial charge is 0.510 e. The highest BCUT2D eigenvalue weighted by molar-refractivity contribution is 7.99. The summed E-state index contributed by atoms with van der Waals surface area (Å²) in [6.07, 6.45) is 9.52. The Hall–Kier alpha value is -4.95. The van der Waals surface area contributed by atoms with Crippen LogP contribution in [-0.2, 0) is 54.2 Å². The number of unbranched alkanes of at least 4 members (excludes halogenated alkanes) is 2. The van der Waals surface area contributed by atoms with E-state index in [0.717, 1.165) is 48.2 Å². The normalized spacial score (nSPS) is 11.3. The number of ether oxygens (including phenoxy) is 4. The molecule has 0 spiro atoms. The fraction of sp³-hybridized carbons (Fsp3) is 0.511. The average Bonchev–Trinajstić information content (AvgIpc) is 3.97. The number of nitrogens with one attached hydrogen (secondary N) is 1. The zero-order valence-corrected chi connectivity index (χ0v) is 39.3. The number of benzene rings is 2. The van der Waals surface area contributed by atoms with Crippen molar-refractivity contribution in [2.75, 3.05) is 67.7 Å². The van der Waals surface area contributed by atoms with Gasteiger partial charge in [0, 0.05) is 19.4 Å². The summed E-state index contributed by atoms with van der Waals surface area (Å²) < 4.78 is 21.2. The fourth-order valence-electron chi connectivity index (χ4n) is 6.00. The standard InChI is InChI=1S/C45H61N7O9S3/c1-3-5-16-35(15-4-2)17-12-13-27-58-44(56)60-33-51(40(54)31-36-18-8-6-9-19-36)42-49-47-38(63-42)22-29-62-30-23-39-48-50-43(64-39)52(41(55)32-37-20-10-7-11-21-37)34-61-45(57)59-28-14-24-46-25-26-53/h6-11,17-21,46,53H,3-5,12-16,22-34H2,1-2H3/b35-17+. The lowest BCUT2D eigenvalue weighted by Gasteiger charge is -2.19. The van der Waals surface area contributed by atoms with E-state index in [-0.39, 0.29) is 57.9 Å². The van der Waals surface area contributed by atoms with E-state index in [1.54, 1.807) is 11.8 Å². The molecule has 16 nitrogen and oxygen atoms in total. The van der Waals surface area contributed by atoms with Crippen LogP contribution in [0.5, 0.6) is 0 Å². The van der Waals surface area contributed by atoms with Gasteiger partial charge in [0.15, 0.2) is 13.5 Å². The van der Waals surface area contributed by atoms with E-state index in [1.807, 2.05) is 60.7 Å². The van der Waals surface area contributed by atoms with Crippen LogP contribution < -0.4 is 15.1 Å². The Morgan fingerprint density at radius 3 is 1.70 bits per heavy atom. The van der Waals surface area contributed by atoms with Crippen molar-refractivity contribution >= 4 is 68.8 Å². The Balaban J connectivity index is 1.26. The first-order valence-electron chi connectivity index (χ1n) is 21.8. The molecular formula is C45H61N7O9S3. The second-order valence-electron chi connectivity index (χ2n) is 14.5. The molecule has 0 bridgehead atoms. The third-order valence-corrected chi connectivity index (χ3v) is 12.3. The predicted octanol–water partition coefficient (Wildman–Crippen LogP) is 7.95. The summed E-state index contributed by atoms with van der Waals surface area (Å²) in [5.74, 6) is 0.814. The van der Waals surface area contributed by atoms with Crippen LogP contribution in [-0.4, -0.2) is 108 Å². The van der Waals surface area contributed by atoms with Gasteiger partial charge < -0.3 is 29.4 Å². The lowest BCUT2D eigenvalue weighted by Crippen LogP contribution is -2.35. The van der Waals surface area contributed by atoms with Gasteiger partial charge in [0.05, 0.1) is 32.7 Å². The van der Waals surface area contributed by atoms with Crippen LogP contribution >= 0.6 is 34.4 Å². The molecule has 0 atom stereocenters. The van der Waals surface area contributed by atoms with Gasteiger partial charge in [-0.2, -0.15) is 11.8 Å². The van der Waals surface area contributed by atoms with Gasteiger partial charge in [-0.3, -0.25) is 19.4 Å². The molecule has 0 fully saturated rings. The van der Waals surface area contributed by atoms with Gasteiger partial charge in [-0.25, -0.2) is 9.59 Å². The lowest BCUT2D eigenvalue weighted by molar-refractivity contribution is -0.119. The van der Waals surface area contributed by atoms with E-state index in [4.69, 9.17) is 24.1 Å². The number of amides is 2. The summed E-state index contributed by atoms with van der Waals surface area (Å²) in [4.78, 5) is 54.4. The van der Waals surface area contributed by atoms with Gasteiger partial charge in [0.1, 0.15) is 10.0 Å². The summed E-state index contributed by atoms with van der Waals surface area (Å²) in [6, 6.07) is 18.6. The van der Waals surface area contributed by atoms with Crippen LogP contribution in [0.25, 0.3) is 0 Å². The number of thioether (sulfide) groups is 1. The number of aromatic nitrogens is 4. The number of hydrogen-bond acceptors (Lipinski definition) is 17. The van der Waals surface area contributed by atoms with Crippen molar-refractivity contribution in [3.63, 3.8) is 0 Å². The van der Waals surface area contributed by atoms with Crippen molar-refractivity contribution in [3.8, 4) is 0 Å². The number of aliphatic hydroxyl groups is 1. The first-order chi connectivity index (χ1) is 31.3. The predicted molar refractivity (Wildman–Crippen MR) is 251 cm³/mol. The molecule has 19 heteroatoms. The molecule has 2 aromatic heterocycles. The van der Waals surface area contributed by atoms with E-state index in [0.29, 0.717) is 65.5 Å². The molecule has 2 heterocycles. The van der Waals surface area contributed by atoms with E-state index in [2.05, 4.69) is 45.6 Å². The second-order valence-corrected chi connectivity index (χ2v) is 17.8. The number of nitrogens with zero attached hydrogens (tertiary/aromatic N) is 6. The number of aryl methyl sites for hydroxylation is 2. The number of carbonyl (C=O) groups excluding carboxylic acids is 4. The number of aliphatic hydroxyl groups excluding tert-OH is 1. The highest BCUT2D eigenvalue weighted by atomic mass is 32.2. The number of rotatable bonds is 31. The maximum Gasteiger partial charge on any atom is 0.510 e. The Morgan fingerprint density at radius 1 is 0.672 bits per heavy atom. The third-order valence-electron chi connectivity index (χ3n) is 9.35. The second kappa shape index (κ2) is 31.0. The van der Waals surface area contributed by atoms with Crippen LogP contribution in [0.4, 0.5) is 19.9 Å². The van der Waals surface area contributed by atoms with E-state index in [1.165, 1.54) is 44.5 Å². The number of hydrogen-bond donors (Lipinski definition) is 2. The molecule has 2 amide bonds. The SMILES string of the molecule is CCCC/C(=C/CCCOC(=O)OCN(C(=O)Cc1ccccc1)c1nnc(CCSCCc2nnc(N(COC(=O)OCCCNCCO)C(=O)Cc3ccccc3)s2)s1)CCC. The highest BCUT2D eigenvalue weighted by Gasteiger charge is 2.24. The van der Waals surface area contributed by atoms with Gasteiger partial charge in [0.25, 0.3) is 0 Å². The first kappa shape index (κ1) is 51.7. The topological polar surface area (TPSA) is 195 Å². The van der Waals surface area contributed by atoms with Gasteiger partial charge in [-0.15, -0.1) is 20.4 Å². The first-order valence-corrected chi connectivity index (χ1v) is 24.6. The molecule has 4 rings (SSSR count). The minimum atomic E-state index is -0.906. The zero-order valence-electron chi connectivity index (χ0n) is 36.8. The number of allylic oxidation sites excluding steroid dienone is 2. The maximum atomic E-state index is 13.5.